The maximum atomic E-state index is 14.3. The fourth-order valence-corrected chi connectivity index (χ4v) is 6.74. The van der Waals surface area contributed by atoms with E-state index >= 15 is 0 Å². The summed E-state index contributed by atoms with van der Waals surface area (Å²) in [5, 5.41) is 0. The molecule has 3 aliphatic rings. The second-order valence-electron chi connectivity index (χ2n) is 12.0. The zero-order chi connectivity index (χ0) is 30.3. The number of piperazine rings is 1. The molecule has 2 aromatic heterocycles. The molecule has 2 saturated heterocycles. The number of hydrogen-bond acceptors (Lipinski definition) is 8. The van der Waals surface area contributed by atoms with Gasteiger partial charge in [-0.05, 0) is 76.7 Å². The minimum atomic E-state index is -4.56. The van der Waals surface area contributed by atoms with Crippen LogP contribution in [0.15, 0.2) is 18.7 Å². The number of carbonyl (C=O) groups excluding carboxylic acids is 1. The third kappa shape index (κ3) is 5.91. The maximum absolute atomic E-state index is 14.3. The molecule has 12 heteroatoms. The minimum absolute atomic E-state index is 0.0294. The summed E-state index contributed by atoms with van der Waals surface area (Å²) in [5.41, 5.74) is 6.86. The van der Waals surface area contributed by atoms with E-state index < -0.39 is 17.7 Å². The summed E-state index contributed by atoms with van der Waals surface area (Å²) in [6.45, 7) is 12.0. The summed E-state index contributed by atoms with van der Waals surface area (Å²) in [4.78, 5) is 32.4. The molecule has 0 radical (unpaired) electrons. The normalized spacial score (nSPS) is 24.9. The third-order valence-electron chi connectivity index (χ3n) is 9.04. The zero-order valence-corrected chi connectivity index (χ0v) is 24.7. The molecule has 4 heterocycles. The van der Waals surface area contributed by atoms with E-state index in [1.165, 1.54) is 19.1 Å². The Kier molecular flexibility index (Phi) is 8.37. The lowest BCUT2D eigenvalue weighted by Gasteiger charge is -2.42. The number of aryl methyl sites for hydroxylation is 1. The van der Waals surface area contributed by atoms with Gasteiger partial charge in [-0.1, -0.05) is 13.5 Å². The molecule has 0 aromatic carbocycles. The van der Waals surface area contributed by atoms with Crippen molar-refractivity contribution in [2.75, 3.05) is 50.5 Å². The highest BCUT2D eigenvalue weighted by molar-refractivity contribution is 5.87. The van der Waals surface area contributed by atoms with Gasteiger partial charge in [-0.3, -0.25) is 4.79 Å². The van der Waals surface area contributed by atoms with Crippen LogP contribution in [0.2, 0.25) is 0 Å². The summed E-state index contributed by atoms with van der Waals surface area (Å²) in [7, 11) is 2.07. The van der Waals surface area contributed by atoms with Crippen LogP contribution in [0.3, 0.4) is 0 Å². The van der Waals surface area contributed by atoms with Crippen LogP contribution in [0.4, 0.5) is 24.8 Å². The number of likely N-dealkylation sites (tertiary alicyclic amines) is 1. The molecule has 0 spiro atoms. The molecule has 2 fully saturated rings. The first-order valence-electron chi connectivity index (χ1n) is 14.6. The number of amides is 1. The lowest BCUT2D eigenvalue weighted by molar-refractivity contribution is -0.139. The summed E-state index contributed by atoms with van der Waals surface area (Å²) in [5.74, 6) is -0.0222. The number of aromatic nitrogens is 3. The predicted molar refractivity (Wildman–Crippen MR) is 154 cm³/mol. The molecule has 42 heavy (non-hydrogen) atoms. The monoisotopic (exact) mass is 587 g/mol. The minimum Gasteiger partial charge on any atom is -0.462 e. The molecule has 1 amide bonds. The van der Waals surface area contributed by atoms with Crippen LogP contribution in [-0.4, -0.2) is 82.6 Å². The van der Waals surface area contributed by atoms with Crippen molar-refractivity contribution in [1.29, 1.82) is 0 Å². The van der Waals surface area contributed by atoms with E-state index in [0.29, 0.717) is 38.4 Å². The van der Waals surface area contributed by atoms with Crippen LogP contribution in [0.5, 0.6) is 6.01 Å². The van der Waals surface area contributed by atoms with E-state index in [4.69, 9.17) is 20.4 Å². The van der Waals surface area contributed by atoms with E-state index in [1.807, 2.05) is 13.8 Å². The number of halogens is 3. The molecule has 228 valence electrons. The van der Waals surface area contributed by atoms with Gasteiger partial charge in [0.1, 0.15) is 18.2 Å². The summed E-state index contributed by atoms with van der Waals surface area (Å²) < 4.78 is 48.9. The van der Waals surface area contributed by atoms with Crippen LogP contribution in [0.1, 0.15) is 60.7 Å². The molecule has 2 aromatic rings. The number of fused-ring (bicyclic) bond motifs is 1. The highest BCUT2D eigenvalue weighted by Gasteiger charge is 2.42. The van der Waals surface area contributed by atoms with Crippen molar-refractivity contribution < 1.29 is 22.7 Å². The molecule has 9 nitrogen and oxygen atoms in total. The highest BCUT2D eigenvalue weighted by atomic mass is 19.4. The first kappa shape index (κ1) is 30.1. The quantitative estimate of drug-likeness (QED) is 0.507. The number of anilines is 2. The van der Waals surface area contributed by atoms with Crippen molar-refractivity contribution >= 4 is 17.5 Å². The van der Waals surface area contributed by atoms with Gasteiger partial charge in [0.2, 0.25) is 5.91 Å². The van der Waals surface area contributed by atoms with Crippen LogP contribution in [0, 0.1) is 12.8 Å². The van der Waals surface area contributed by atoms with E-state index in [0.717, 1.165) is 30.8 Å². The largest absolute Gasteiger partial charge is 0.462 e. The van der Waals surface area contributed by atoms with Gasteiger partial charge < -0.3 is 25.2 Å². The Labute approximate surface area is 244 Å². The van der Waals surface area contributed by atoms with Gasteiger partial charge in [-0.15, -0.1) is 0 Å². The molecule has 0 saturated carbocycles. The number of alkyl halides is 3. The summed E-state index contributed by atoms with van der Waals surface area (Å²) in [6.07, 6.45) is -0.383. The molecule has 4 atom stereocenters. The van der Waals surface area contributed by atoms with E-state index in [1.54, 1.807) is 4.90 Å². The zero-order valence-electron chi connectivity index (χ0n) is 24.7. The Hall–Kier alpha value is -3.41. The van der Waals surface area contributed by atoms with Crippen molar-refractivity contribution in [2.24, 2.45) is 5.92 Å². The molecule has 0 bridgehead atoms. The second kappa shape index (κ2) is 11.7. The second-order valence-corrected chi connectivity index (χ2v) is 12.0. The molecule has 2 N–H and O–H groups in total. The number of nitrogen functional groups attached to an aromatic ring is 1. The number of nitrogens with two attached hydrogens (primary N) is 1. The smallest absolute Gasteiger partial charge is 0.418 e. The van der Waals surface area contributed by atoms with Crippen LogP contribution in [-0.2, 0) is 23.8 Å². The van der Waals surface area contributed by atoms with Gasteiger partial charge in [0, 0.05) is 43.2 Å². The number of hydrogen-bond donors (Lipinski definition) is 1. The van der Waals surface area contributed by atoms with E-state index in [9.17, 15) is 18.0 Å². The summed E-state index contributed by atoms with van der Waals surface area (Å²) >= 11 is 0. The van der Waals surface area contributed by atoms with Crippen molar-refractivity contribution in [3.8, 4) is 6.01 Å². The Bertz CT molecular complexity index is 1350. The molecule has 2 aliphatic heterocycles. The highest BCUT2D eigenvalue weighted by Crippen LogP contribution is 2.45. The van der Waals surface area contributed by atoms with Gasteiger partial charge in [-0.2, -0.15) is 23.1 Å². The van der Waals surface area contributed by atoms with E-state index in [-0.39, 0.29) is 53.4 Å². The van der Waals surface area contributed by atoms with E-state index in [2.05, 4.69) is 28.4 Å². The lowest BCUT2D eigenvalue weighted by Crippen LogP contribution is -2.54. The SMILES string of the molecule is C=CC(=O)N1CCN(c2nc(OC[C@@H]3CCCN3C)nc3c2C[C@@H](C)[C@H](c2nc(N)cc(C)c2C(F)(F)F)C3)[C@@H](C)C1. The average molecular weight is 588 g/mol. The molecular formula is C30H40F3N7O2. The fraction of sp³-hybridized carbons (Fsp3) is 0.600. The molecule has 5 rings (SSSR count). The topological polar surface area (TPSA) is 101 Å². The third-order valence-corrected chi connectivity index (χ3v) is 9.04. The van der Waals surface area contributed by atoms with Gasteiger partial charge in [0.25, 0.3) is 0 Å². The fourth-order valence-electron chi connectivity index (χ4n) is 6.74. The van der Waals surface area contributed by atoms with Crippen LogP contribution < -0.4 is 15.4 Å². The number of ether oxygens (including phenoxy) is 1. The maximum Gasteiger partial charge on any atom is 0.418 e. The van der Waals surface area contributed by atoms with Crippen LogP contribution in [0.25, 0.3) is 0 Å². The number of rotatable bonds is 6. The lowest BCUT2D eigenvalue weighted by atomic mass is 9.75. The van der Waals surface area contributed by atoms with Gasteiger partial charge in [0.05, 0.1) is 17.0 Å². The Morgan fingerprint density at radius 1 is 1.19 bits per heavy atom. The Balaban J connectivity index is 1.53. The molecule has 0 unspecified atom stereocenters. The molecule has 1 aliphatic carbocycles. The predicted octanol–water partition coefficient (Wildman–Crippen LogP) is 4.00. The van der Waals surface area contributed by atoms with Crippen molar-refractivity contribution in [2.45, 2.75) is 70.6 Å². The number of pyridine rings is 1. The standard InChI is InChI=1S/C30H40F3N7O2/c1-6-25(41)39-10-11-40(19(4)15-39)28-22-12-17(2)21(27-26(30(31,32)33)18(3)13-24(34)36-27)14-23(22)35-29(37-28)42-16-20-8-7-9-38(20)5/h6,13,17,19-21H,1,7-12,14-16H2,2-5H3,(H2,34,36)/t17-,19+,20+,21-/m1/s1. The average Bonchev–Trinajstić information content (AvgIpc) is 3.34. The first-order chi connectivity index (χ1) is 19.9. The van der Waals surface area contributed by atoms with Gasteiger partial charge >= 0.3 is 12.2 Å². The first-order valence-corrected chi connectivity index (χ1v) is 14.6. The van der Waals surface area contributed by atoms with Gasteiger partial charge in [0.15, 0.2) is 0 Å². The number of carbonyl (C=O) groups is 1. The van der Waals surface area contributed by atoms with Crippen molar-refractivity contribution in [3.05, 3.63) is 46.8 Å². The van der Waals surface area contributed by atoms with Crippen molar-refractivity contribution in [3.63, 3.8) is 0 Å². The number of nitrogens with zero attached hydrogens (tertiary/aromatic N) is 6. The summed E-state index contributed by atoms with van der Waals surface area (Å²) in [6, 6.07) is 1.71. The van der Waals surface area contributed by atoms with Crippen molar-refractivity contribution in [1.82, 2.24) is 24.8 Å². The Morgan fingerprint density at radius 2 is 1.95 bits per heavy atom. The van der Waals surface area contributed by atoms with Gasteiger partial charge in [-0.25, -0.2) is 4.98 Å². The molecular weight excluding hydrogens is 547 g/mol. The Morgan fingerprint density at radius 3 is 2.60 bits per heavy atom. The van der Waals surface area contributed by atoms with Crippen LogP contribution >= 0.6 is 0 Å². The number of likely N-dealkylation sites (N-methyl/N-ethyl adjacent to an activating group) is 1.